The molecule has 0 aliphatic heterocycles. The second-order valence-electron chi connectivity index (χ2n) is 7.29. The number of benzene rings is 1. The van der Waals surface area contributed by atoms with Crippen LogP contribution in [0.15, 0.2) is 24.3 Å². The van der Waals surface area contributed by atoms with E-state index in [9.17, 15) is 14.7 Å². The van der Waals surface area contributed by atoms with Crippen LogP contribution in [0.2, 0.25) is 10.0 Å². The molecule has 1 heterocycles. The van der Waals surface area contributed by atoms with E-state index in [0.717, 1.165) is 25.7 Å². The van der Waals surface area contributed by atoms with Gasteiger partial charge < -0.3 is 19.9 Å². The highest BCUT2D eigenvalue weighted by Crippen LogP contribution is 2.41. The van der Waals surface area contributed by atoms with Crippen LogP contribution in [-0.4, -0.2) is 28.6 Å². The topological polar surface area (TPSA) is 97.8 Å². The Morgan fingerprint density at radius 2 is 1.84 bits per heavy atom. The molecule has 7 nitrogen and oxygen atoms in total. The number of pyridine rings is 1. The molecule has 1 aromatic carbocycles. The summed E-state index contributed by atoms with van der Waals surface area (Å²) in [6, 6.07) is 6.03. The maximum absolute atomic E-state index is 12.0. The number of nitrogens with one attached hydrogen (secondary N) is 1. The molecule has 0 radical (unpaired) electrons. The molecule has 0 atom stereocenters. The van der Waals surface area contributed by atoms with Crippen molar-refractivity contribution >= 4 is 40.8 Å². The van der Waals surface area contributed by atoms with E-state index in [0.29, 0.717) is 11.4 Å². The average Bonchev–Trinajstić information content (AvgIpc) is 2.72. The second-order valence-corrected chi connectivity index (χ2v) is 8.10. The van der Waals surface area contributed by atoms with E-state index in [-0.39, 0.29) is 39.9 Å². The molecule has 1 fully saturated rings. The Morgan fingerprint density at radius 3 is 2.48 bits per heavy atom. The number of nitrogens with zero attached hydrogens (tertiary/aromatic N) is 1. The number of hydrogen-bond acceptors (Lipinski definition) is 6. The predicted molar refractivity (Wildman–Crippen MR) is 118 cm³/mol. The molecular weight excluding hydrogens is 443 g/mol. The first-order valence-corrected chi connectivity index (χ1v) is 10.9. The second kappa shape index (κ2) is 10.7. The van der Waals surface area contributed by atoms with Crippen molar-refractivity contribution in [3.63, 3.8) is 0 Å². The fourth-order valence-electron chi connectivity index (χ4n) is 3.56. The summed E-state index contributed by atoms with van der Waals surface area (Å²) < 4.78 is 10.6. The smallest absolute Gasteiger partial charge is 0.315 e. The summed E-state index contributed by atoms with van der Waals surface area (Å²) in [5, 5.41) is 13.1. The van der Waals surface area contributed by atoms with Gasteiger partial charge in [-0.1, -0.05) is 42.5 Å². The molecule has 1 amide bonds. The van der Waals surface area contributed by atoms with Gasteiger partial charge in [0, 0.05) is 17.7 Å². The number of esters is 1. The molecule has 1 aliphatic rings. The summed E-state index contributed by atoms with van der Waals surface area (Å²) in [5.74, 6) is -0.377. The summed E-state index contributed by atoms with van der Waals surface area (Å²) in [4.78, 5) is 27.9. The zero-order chi connectivity index (χ0) is 22.4. The fourth-order valence-corrected chi connectivity index (χ4v) is 4.13. The molecule has 0 bridgehead atoms. The maximum Gasteiger partial charge on any atom is 0.315 e. The van der Waals surface area contributed by atoms with Crippen LogP contribution < -0.4 is 10.1 Å². The molecule has 3 rings (SSSR count). The van der Waals surface area contributed by atoms with Crippen LogP contribution >= 0.6 is 23.2 Å². The van der Waals surface area contributed by atoms with Crippen molar-refractivity contribution in [3.8, 4) is 17.4 Å². The number of aromatic hydroxyl groups is 1. The standard InChI is InChI=1S/C22H24Cl2N2O5/c1-2-30-20(29)12-18(28)25-14-10-15(23)22(16(24)11-14)31-19-9-8-17(27)21(26-19)13-6-4-3-5-7-13/h8-11,13,27H,2-7,12H2,1H3,(H,25,28). The van der Waals surface area contributed by atoms with Crippen molar-refractivity contribution in [1.29, 1.82) is 0 Å². The van der Waals surface area contributed by atoms with Gasteiger partial charge >= 0.3 is 5.97 Å². The third-order valence-corrected chi connectivity index (χ3v) is 5.53. The number of carbonyl (C=O) groups excluding carboxylic acids is 2. The lowest BCUT2D eigenvalue weighted by atomic mass is 9.86. The van der Waals surface area contributed by atoms with Gasteiger partial charge in [-0.3, -0.25) is 9.59 Å². The van der Waals surface area contributed by atoms with Crippen molar-refractivity contribution in [1.82, 2.24) is 4.98 Å². The van der Waals surface area contributed by atoms with E-state index >= 15 is 0 Å². The highest BCUT2D eigenvalue weighted by Gasteiger charge is 2.22. The Labute approximate surface area is 190 Å². The van der Waals surface area contributed by atoms with E-state index < -0.39 is 18.3 Å². The number of carbonyl (C=O) groups is 2. The van der Waals surface area contributed by atoms with Gasteiger partial charge in [-0.2, -0.15) is 0 Å². The molecule has 0 unspecified atom stereocenters. The number of hydrogen-bond donors (Lipinski definition) is 2. The Bertz CT molecular complexity index is 938. The molecule has 9 heteroatoms. The Hall–Kier alpha value is -2.51. The summed E-state index contributed by atoms with van der Waals surface area (Å²) in [5.41, 5.74) is 0.936. The lowest BCUT2D eigenvalue weighted by molar-refractivity contribution is -0.145. The molecule has 0 spiro atoms. The Balaban J connectivity index is 1.74. The van der Waals surface area contributed by atoms with Crippen molar-refractivity contribution in [3.05, 3.63) is 40.0 Å². The normalized spacial score (nSPS) is 14.2. The first-order valence-electron chi connectivity index (χ1n) is 10.2. The lowest BCUT2D eigenvalue weighted by Crippen LogP contribution is -2.18. The van der Waals surface area contributed by atoms with Gasteiger partial charge in [0.15, 0.2) is 5.75 Å². The molecule has 166 valence electrons. The predicted octanol–water partition coefficient (Wildman–Crippen LogP) is 5.83. The average molecular weight is 467 g/mol. The number of amides is 1. The highest BCUT2D eigenvalue weighted by atomic mass is 35.5. The summed E-state index contributed by atoms with van der Waals surface area (Å²) in [6.07, 6.45) is 4.96. The van der Waals surface area contributed by atoms with Crippen LogP contribution in [0.25, 0.3) is 0 Å². The Morgan fingerprint density at radius 1 is 1.16 bits per heavy atom. The van der Waals surface area contributed by atoms with Crippen molar-refractivity contribution in [2.45, 2.75) is 51.4 Å². The van der Waals surface area contributed by atoms with Crippen molar-refractivity contribution < 1.29 is 24.2 Å². The van der Waals surface area contributed by atoms with Gasteiger partial charge in [0.25, 0.3) is 0 Å². The van der Waals surface area contributed by atoms with Gasteiger partial charge in [0.1, 0.15) is 12.2 Å². The van der Waals surface area contributed by atoms with E-state index in [1.54, 1.807) is 19.1 Å². The highest BCUT2D eigenvalue weighted by molar-refractivity contribution is 6.37. The minimum Gasteiger partial charge on any atom is -0.506 e. The van der Waals surface area contributed by atoms with Gasteiger partial charge in [-0.15, -0.1) is 0 Å². The van der Waals surface area contributed by atoms with Crippen LogP contribution in [0.5, 0.6) is 17.4 Å². The quantitative estimate of drug-likeness (QED) is 0.393. The first-order chi connectivity index (χ1) is 14.9. The van der Waals surface area contributed by atoms with Crippen molar-refractivity contribution in [2.24, 2.45) is 0 Å². The van der Waals surface area contributed by atoms with Crippen LogP contribution in [0.1, 0.15) is 57.1 Å². The SMILES string of the molecule is CCOC(=O)CC(=O)Nc1cc(Cl)c(Oc2ccc(O)c(C3CCCCC3)n2)c(Cl)c1. The molecule has 1 saturated carbocycles. The van der Waals surface area contributed by atoms with E-state index in [4.69, 9.17) is 32.7 Å². The van der Waals surface area contributed by atoms with Crippen LogP contribution in [0.3, 0.4) is 0 Å². The largest absolute Gasteiger partial charge is 0.506 e. The van der Waals surface area contributed by atoms with Crippen molar-refractivity contribution in [2.75, 3.05) is 11.9 Å². The summed E-state index contributed by atoms with van der Waals surface area (Å²) >= 11 is 12.6. The minimum atomic E-state index is -0.621. The monoisotopic (exact) mass is 466 g/mol. The van der Waals surface area contributed by atoms with Crippen LogP contribution in [0.4, 0.5) is 5.69 Å². The molecule has 1 aromatic heterocycles. The van der Waals surface area contributed by atoms with Crippen LogP contribution in [0, 0.1) is 0 Å². The Kier molecular flexibility index (Phi) is 7.98. The number of rotatable bonds is 7. The van der Waals surface area contributed by atoms with Gasteiger partial charge in [-0.05, 0) is 38.0 Å². The molecular formula is C22H24Cl2N2O5. The van der Waals surface area contributed by atoms with E-state index in [1.807, 2.05) is 0 Å². The van der Waals surface area contributed by atoms with E-state index in [2.05, 4.69) is 10.3 Å². The lowest BCUT2D eigenvalue weighted by Gasteiger charge is -2.22. The zero-order valence-electron chi connectivity index (χ0n) is 17.1. The number of aromatic nitrogens is 1. The fraction of sp³-hybridized carbons (Fsp3) is 0.409. The molecule has 2 N–H and O–H groups in total. The number of anilines is 1. The van der Waals surface area contributed by atoms with E-state index in [1.165, 1.54) is 18.6 Å². The van der Waals surface area contributed by atoms with Gasteiger partial charge in [0.05, 0.1) is 22.3 Å². The van der Waals surface area contributed by atoms with Gasteiger partial charge in [-0.25, -0.2) is 4.98 Å². The molecule has 0 saturated heterocycles. The molecule has 31 heavy (non-hydrogen) atoms. The zero-order valence-corrected chi connectivity index (χ0v) is 18.6. The summed E-state index contributed by atoms with van der Waals surface area (Å²) in [6.45, 7) is 1.86. The minimum absolute atomic E-state index is 0.149. The maximum atomic E-state index is 12.0. The number of ether oxygens (including phenoxy) is 2. The van der Waals surface area contributed by atoms with Gasteiger partial charge in [0.2, 0.25) is 11.8 Å². The number of halogens is 2. The first kappa shape index (κ1) is 23.2. The molecule has 1 aliphatic carbocycles. The van der Waals surface area contributed by atoms with Crippen LogP contribution in [-0.2, 0) is 14.3 Å². The third kappa shape index (κ3) is 6.24. The molecule has 2 aromatic rings. The summed E-state index contributed by atoms with van der Waals surface area (Å²) in [7, 11) is 0. The third-order valence-electron chi connectivity index (χ3n) is 4.97.